The highest BCUT2D eigenvalue weighted by molar-refractivity contribution is 7.89. The fourth-order valence-electron chi connectivity index (χ4n) is 2.88. The Morgan fingerprint density at radius 1 is 1.13 bits per heavy atom. The van der Waals surface area contributed by atoms with Crippen LogP contribution in [0.1, 0.15) is 10.4 Å². The molecule has 2 heterocycles. The number of sulfonamides is 1. The van der Waals surface area contributed by atoms with Crippen LogP contribution in [-0.4, -0.2) is 25.7 Å². The third kappa shape index (κ3) is 4.66. The number of aryl methyl sites for hydroxylation is 1. The summed E-state index contributed by atoms with van der Waals surface area (Å²) in [6.07, 6.45) is 0. The van der Waals surface area contributed by atoms with E-state index < -0.39 is 10.0 Å². The molecule has 0 aliphatic carbocycles. The lowest BCUT2D eigenvalue weighted by Crippen LogP contribution is -2.23. The largest absolute Gasteiger partial charge is 0.497 e. The first-order valence-electron chi connectivity index (χ1n) is 9.19. The van der Waals surface area contributed by atoms with Crippen LogP contribution in [0, 0.1) is 12.7 Å². The summed E-state index contributed by atoms with van der Waals surface area (Å²) in [4.78, 5) is 5.59. The summed E-state index contributed by atoms with van der Waals surface area (Å²) >= 11 is 1.24. The van der Waals surface area contributed by atoms with Gasteiger partial charge in [0.25, 0.3) is 5.89 Å². The van der Waals surface area contributed by atoms with E-state index in [-0.39, 0.29) is 23.1 Å². The van der Waals surface area contributed by atoms with Crippen molar-refractivity contribution in [1.29, 1.82) is 0 Å². The number of nitrogens with zero attached hydrogens (tertiary/aromatic N) is 2. The molecule has 2 aromatic heterocycles. The Balaban J connectivity index is 1.53. The van der Waals surface area contributed by atoms with Crippen LogP contribution in [0.3, 0.4) is 0 Å². The molecule has 0 spiro atoms. The summed E-state index contributed by atoms with van der Waals surface area (Å²) in [6.45, 7) is 1.86. The van der Waals surface area contributed by atoms with Crippen LogP contribution >= 0.6 is 11.3 Å². The molecule has 0 fully saturated rings. The van der Waals surface area contributed by atoms with Gasteiger partial charge in [-0.3, -0.25) is 0 Å². The second-order valence-electron chi connectivity index (χ2n) is 6.63. The molecule has 2 aromatic carbocycles. The van der Waals surface area contributed by atoms with E-state index in [4.69, 9.17) is 9.26 Å². The van der Waals surface area contributed by atoms with Crippen molar-refractivity contribution in [3.05, 3.63) is 70.9 Å². The summed E-state index contributed by atoms with van der Waals surface area (Å²) in [5, 5.41) is 3.91. The number of benzene rings is 2. The van der Waals surface area contributed by atoms with Crippen LogP contribution in [0.4, 0.5) is 4.39 Å². The molecule has 0 amide bonds. The Morgan fingerprint density at radius 2 is 1.84 bits per heavy atom. The molecule has 0 bridgehead atoms. The lowest BCUT2D eigenvalue weighted by molar-refractivity contribution is 0.414. The summed E-state index contributed by atoms with van der Waals surface area (Å²) in [7, 11) is -2.17. The molecule has 7 nitrogen and oxygen atoms in total. The Morgan fingerprint density at radius 3 is 2.52 bits per heavy atom. The topological polar surface area (TPSA) is 94.3 Å². The van der Waals surface area contributed by atoms with Gasteiger partial charge in [-0.2, -0.15) is 4.98 Å². The zero-order chi connectivity index (χ0) is 22.0. The number of halogens is 1. The maximum absolute atomic E-state index is 13.1. The zero-order valence-corrected chi connectivity index (χ0v) is 18.3. The first kappa shape index (κ1) is 21.2. The molecular formula is C21H18FN3O4S2. The van der Waals surface area contributed by atoms with Gasteiger partial charge in [-0.25, -0.2) is 17.5 Å². The third-order valence-corrected chi connectivity index (χ3v) is 7.22. The van der Waals surface area contributed by atoms with Gasteiger partial charge in [-0.1, -0.05) is 17.3 Å². The summed E-state index contributed by atoms with van der Waals surface area (Å²) < 4.78 is 51.8. The number of methoxy groups -OCH3 is 1. The van der Waals surface area contributed by atoms with Crippen molar-refractivity contribution in [2.45, 2.75) is 18.4 Å². The van der Waals surface area contributed by atoms with Crippen LogP contribution in [0.2, 0.25) is 0 Å². The molecule has 0 aliphatic heterocycles. The lowest BCUT2D eigenvalue weighted by Gasteiger charge is -2.07. The molecule has 0 unspecified atom stereocenters. The number of hydrogen-bond acceptors (Lipinski definition) is 7. The van der Waals surface area contributed by atoms with Gasteiger partial charge >= 0.3 is 0 Å². The number of nitrogens with one attached hydrogen (secondary N) is 1. The van der Waals surface area contributed by atoms with Crippen molar-refractivity contribution in [2.75, 3.05) is 7.11 Å². The van der Waals surface area contributed by atoms with Crippen molar-refractivity contribution < 1.29 is 22.1 Å². The maximum atomic E-state index is 13.1. The van der Waals surface area contributed by atoms with Gasteiger partial charge in [0.2, 0.25) is 15.8 Å². The number of aromatic nitrogens is 2. The quantitative estimate of drug-likeness (QED) is 0.440. The number of hydrogen-bond donors (Lipinski definition) is 1. The number of thiophene rings is 1. The van der Waals surface area contributed by atoms with E-state index in [1.54, 1.807) is 50.4 Å². The van der Waals surface area contributed by atoms with Gasteiger partial charge in [-0.15, -0.1) is 11.3 Å². The molecule has 31 heavy (non-hydrogen) atoms. The molecule has 0 saturated carbocycles. The molecule has 0 atom stereocenters. The van der Waals surface area contributed by atoms with E-state index in [0.717, 1.165) is 5.56 Å². The van der Waals surface area contributed by atoms with Crippen LogP contribution in [0.25, 0.3) is 22.2 Å². The smallest absolute Gasteiger partial charge is 0.268 e. The first-order valence-corrected chi connectivity index (χ1v) is 11.5. The molecule has 160 valence electrons. The standard InChI is InChI=1S/C21H18FN3O4S2/c1-13-19(31(26,27)23-12-14-3-9-17(28-2)10-4-14)11-18(30-13)21-24-20(25-29-21)15-5-7-16(22)8-6-15/h3-11,23H,12H2,1-2H3. The van der Waals surface area contributed by atoms with Gasteiger partial charge < -0.3 is 9.26 Å². The van der Waals surface area contributed by atoms with Crippen molar-refractivity contribution in [3.63, 3.8) is 0 Å². The number of ether oxygens (including phenoxy) is 1. The number of rotatable bonds is 7. The van der Waals surface area contributed by atoms with E-state index in [0.29, 0.717) is 26.9 Å². The van der Waals surface area contributed by atoms with Crippen LogP contribution in [-0.2, 0) is 16.6 Å². The van der Waals surface area contributed by atoms with Crippen LogP contribution in [0.5, 0.6) is 5.75 Å². The Kier molecular flexibility index (Phi) is 5.86. The maximum Gasteiger partial charge on any atom is 0.268 e. The summed E-state index contributed by atoms with van der Waals surface area (Å²) in [6, 6.07) is 14.3. The van der Waals surface area contributed by atoms with Crippen LogP contribution in [0.15, 0.2) is 64.0 Å². The molecule has 4 rings (SSSR count). The van der Waals surface area contributed by atoms with E-state index >= 15 is 0 Å². The van der Waals surface area contributed by atoms with Gasteiger partial charge in [0.15, 0.2) is 0 Å². The predicted molar refractivity (Wildman–Crippen MR) is 115 cm³/mol. The molecule has 4 aromatic rings. The lowest BCUT2D eigenvalue weighted by atomic mass is 10.2. The highest BCUT2D eigenvalue weighted by atomic mass is 32.2. The average molecular weight is 460 g/mol. The molecular weight excluding hydrogens is 441 g/mol. The molecule has 1 N–H and O–H groups in total. The Bertz CT molecular complexity index is 1300. The second-order valence-corrected chi connectivity index (χ2v) is 9.63. The fourth-order valence-corrected chi connectivity index (χ4v) is 5.41. The van der Waals surface area contributed by atoms with E-state index in [1.165, 1.54) is 29.5 Å². The Hall–Kier alpha value is -3.08. The van der Waals surface area contributed by atoms with E-state index in [9.17, 15) is 12.8 Å². The summed E-state index contributed by atoms with van der Waals surface area (Å²) in [5.41, 5.74) is 1.40. The minimum atomic E-state index is -3.74. The highest BCUT2D eigenvalue weighted by Gasteiger charge is 2.22. The first-order chi connectivity index (χ1) is 14.9. The van der Waals surface area contributed by atoms with Crippen molar-refractivity contribution in [1.82, 2.24) is 14.9 Å². The third-order valence-electron chi connectivity index (χ3n) is 4.53. The van der Waals surface area contributed by atoms with Gasteiger partial charge in [0.05, 0.1) is 16.9 Å². The van der Waals surface area contributed by atoms with Crippen molar-refractivity contribution in [3.8, 4) is 27.9 Å². The average Bonchev–Trinajstić information content (AvgIpc) is 3.40. The van der Waals surface area contributed by atoms with E-state index in [2.05, 4.69) is 14.9 Å². The summed E-state index contributed by atoms with van der Waals surface area (Å²) in [5.74, 6) is 0.829. The molecule has 0 saturated heterocycles. The van der Waals surface area contributed by atoms with Crippen molar-refractivity contribution >= 4 is 21.4 Å². The zero-order valence-electron chi connectivity index (χ0n) is 16.6. The van der Waals surface area contributed by atoms with Crippen molar-refractivity contribution in [2.24, 2.45) is 0 Å². The minimum Gasteiger partial charge on any atom is -0.497 e. The fraction of sp³-hybridized carbons (Fsp3) is 0.143. The molecule has 0 radical (unpaired) electrons. The monoisotopic (exact) mass is 459 g/mol. The molecule has 10 heteroatoms. The van der Waals surface area contributed by atoms with Gasteiger partial charge in [0.1, 0.15) is 11.6 Å². The van der Waals surface area contributed by atoms with E-state index in [1.807, 2.05) is 0 Å². The van der Waals surface area contributed by atoms with Gasteiger partial charge in [-0.05, 0) is 55.0 Å². The van der Waals surface area contributed by atoms with Gasteiger partial charge in [0, 0.05) is 17.0 Å². The minimum absolute atomic E-state index is 0.145. The normalized spacial score (nSPS) is 11.6. The Labute approximate surface area is 182 Å². The highest BCUT2D eigenvalue weighted by Crippen LogP contribution is 2.33. The predicted octanol–water partition coefficient (Wildman–Crippen LogP) is 4.40. The SMILES string of the molecule is COc1ccc(CNS(=O)(=O)c2cc(-c3nc(-c4ccc(F)cc4)no3)sc2C)cc1. The molecule has 0 aliphatic rings. The second kappa shape index (κ2) is 8.58. The van der Waals surface area contributed by atoms with Crippen LogP contribution < -0.4 is 9.46 Å².